The number of ether oxygens (including phenoxy) is 1. The number of hydrogen-bond donors (Lipinski definition) is 0. The first-order valence-corrected chi connectivity index (χ1v) is 5.06. The molecular formula is C9H5IN2O4. The fourth-order valence-corrected chi connectivity index (χ4v) is 1.71. The van der Waals surface area contributed by atoms with Crippen LogP contribution in [0.1, 0.15) is 15.9 Å². The summed E-state index contributed by atoms with van der Waals surface area (Å²) >= 11 is 1.82. The van der Waals surface area contributed by atoms with Gasteiger partial charge in [0.05, 0.1) is 17.6 Å². The Balaban J connectivity index is 3.62. The van der Waals surface area contributed by atoms with Crippen molar-refractivity contribution in [3.8, 4) is 6.07 Å². The second kappa shape index (κ2) is 4.89. The number of halogens is 1. The molecule has 0 spiro atoms. The van der Waals surface area contributed by atoms with Gasteiger partial charge in [-0.2, -0.15) is 5.26 Å². The van der Waals surface area contributed by atoms with Gasteiger partial charge < -0.3 is 4.74 Å². The maximum atomic E-state index is 11.4. The number of nitriles is 1. The summed E-state index contributed by atoms with van der Waals surface area (Å²) in [6.45, 7) is 0. The monoisotopic (exact) mass is 332 g/mol. The molecule has 0 atom stereocenters. The molecular weight excluding hydrogens is 327 g/mol. The molecule has 0 saturated heterocycles. The van der Waals surface area contributed by atoms with Gasteiger partial charge in [0.25, 0.3) is 5.69 Å². The highest BCUT2D eigenvalue weighted by Crippen LogP contribution is 2.26. The van der Waals surface area contributed by atoms with Gasteiger partial charge >= 0.3 is 5.97 Å². The number of nitro benzene ring substituents is 1. The highest BCUT2D eigenvalue weighted by molar-refractivity contribution is 14.1. The molecule has 0 saturated carbocycles. The van der Waals surface area contributed by atoms with Crippen LogP contribution in [0.4, 0.5) is 5.69 Å². The number of nitrogens with zero attached hydrogens (tertiary/aromatic N) is 2. The molecule has 7 heteroatoms. The summed E-state index contributed by atoms with van der Waals surface area (Å²) < 4.78 is 4.89. The molecule has 0 aliphatic carbocycles. The number of carbonyl (C=O) groups excluding carboxylic acids is 1. The van der Waals surface area contributed by atoms with Crippen molar-refractivity contribution in [2.24, 2.45) is 0 Å². The summed E-state index contributed by atoms with van der Waals surface area (Å²) in [6.07, 6.45) is 0. The topological polar surface area (TPSA) is 93.2 Å². The third-order valence-electron chi connectivity index (χ3n) is 1.83. The van der Waals surface area contributed by atoms with Crippen LogP contribution in [0.15, 0.2) is 12.1 Å². The number of esters is 1. The van der Waals surface area contributed by atoms with Gasteiger partial charge in [0.2, 0.25) is 0 Å². The minimum atomic E-state index is -0.887. The molecule has 1 aromatic carbocycles. The van der Waals surface area contributed by atoms with Crippen molar-refractivity contribution >= 4 is 34.2 Å². The number of benzene rings is 1. The van der Waals surface area contributed by atoms with Crippen molar-refractivity contribution in [2.45, 2.75) is 0 Å². The van der Waals surface area contributed by atoms with E-state index in [1.165, 1.54) is 12.1 Å². The van der Waals surface area contributed by atoms with Crippen LogP contribution in [-0.2, 0) is 4.74 Å². The van der Waals surface area contributed by atoms with Crippen molar-refractivity contribution in [1.82, 2.24) is 0 Å². The van der Waals surface area contributed by atoms with E-state index < -0.39 is 16.6 Å². The summed E-state index contributed by atoms with van der Waals surface area (Å²) in [5.41, 5.74) is -0.771. The molecule has 0 unspecified atom stereocenters. The minimum absolute atomic E-state index is 0.0401. The second-order valence-corrected chi connectivity index (χ2v) is 3.84. The molecule has 1 rings (SSSR count). The zero-order valence-electron chi connectivity index (χ0n) is 8.06. The summed E-state index contributed by atoms with van der Waals surface area (Å²) in [5, 5.41) is 19.6. The Hall–Kier alpha value is -1.69. The van der Waals surface area contributed by atoms with Crippen LogP contribution < -0.4 is 0 Å². The fourth-order valence-electron chi connectivity index (χ4n) is 1.14. The van der Waals surface area contributed by atoms with Gasteiger partial charge in [-0.05, 0) is 28.7 Å². The molecule has 0 aliphatic rings. The number of nitro groups is 1. The van der Waals surface area contributed by atoms with Crippen molar-refractivity contribution in [3.63, 3.8) is 0 Å². The highest BCUT2D eigenvalue weighted by Gasteiger charge is 2.26. The van der Waals surface area contributed by atoms with Crippen molar-refractivity contribution in [3.05, 3.63) is 36.9 Å². The van der Waals surface area contributed by atoms with Crippen LogP contribution in [-0.4, -0.2) is 18.0 Å². The van der Waals surface area contributed by atoms with E-state index in [1.807, 2.05) is 22.6 Å². The number of methoxy groups -OCH3 is 1. The van der Waals surface area contributed by atoms with E-state index in [4.69, 9.17) is 5.26 Å². The Labute approximate surface area is 104 Å². The maximum absolute atomic E-state index is 11.4. The summed E-state index contributed by atoms with van der Waals surface area (Å²) in [7, 11) is 1.10. The predicted octanol–water partition coefficient (Wildman–Crippen LogP) is 1.86. The van der Waals surface area contributed by atoms with E-state index in [-0.39, 0.29) is 11.1 Å². The maximum Gasteiger partial charge on any atom is 0.346 e. The zero-order valence-corrected chi connectivity index (χ0v) is 10.2. The molecule has 0 fully saturated rings. The first-order chi connectivity index (χ1) is 7.52. The Morgan fingerprint density at radius 3 is 2.69 bits per heavy atom. The molecule has 0 radical (unpaired) electrons. The predicted molar refractivity (Wildman–Crippen MR) is 61.9 cm³/mol. The quantitative estimate of drug-likeness (QED) is 0.357. The molecule has 0 bridgehead atoms. The van der Waals surface area contributed by atoms with Crippen LogP contribution in [0.5, 0.6) is 0 Å². The SMILES string of the molecule is COC(=O)c1c([N+](=O)[O-])ccc(I)c1C#N. The molecule has 0 amide bonds. The Bertz CT molecular complexity index is 507. The zero-order chi connectivity index (χ0) is 12.3. The molecule has 6 nitrogen and oxygen atoms in total. The van der Waals surface area contributed by atoms with E-state index in [0.29, 0.717) is 3.57 Å². The molecule has 1 aromatic rings. The third-order valence-corrected chi connectivity index (χ3v) is 2.73. The molecule has 0 aliphatic heterocycles. The second-order valence-electron chi connectivity index (χ2n) is 2.68. The lowest BCUT2D eigenvalue weighted by Crippen LogP contribution is -2.09. The van der Waals surface area contributed by atoms with Gasteiger partial charge in [-0.3, -0.25) is 10.1 Å². The van der Waals surface area contributed by atoms with Gasteiger partial charge in [0.15, 0.2) is 5.56 Å². The average molecular weight is 332 g/mol. The molecule has 0 N–H and O–H groups in total. The average Bonchev–Trinajstić information content (AvgIpc) is 2.27. The van der Waals surface area contributed by atoms with Crippen LogP contribution in [0.3, 0.4) is 0 Å². The first kappa shape index (κ1) is 12.4. The number of carbonyl (C=O) groups is 1. The van der Waals surface area contributed by atoms with Crippen LogP contribution >= 0.6 is 22.6 Å². The third kappa shape index (κ3) is 2.11. The van der Waals surface area contributed by atoms with Crippen molar-refractivity contribution in [1.29, 1.82) is 5.26 Å². The Morgan fingerprint density at radius 2 is 2.25 bits per heavy atom. The van der Waals surface area contributed by atoms with Crippen LogP contribution in [0, 0.1) is 25.0 Å². The minimum Gasteiger partial charge on any atom is -0.465 e. The molecule has 0 heterocycles. The van der Waals surface area contributed by atoms with Gasteiger partial charge in [-0.15, -0.1) is 0 Å². The van der Waals surface area contributed by atoms with E-state index in [0.717, 1.165) is 7.11 Å². The molecule has 82 valence electrons. The standard InChI is InChI=1S/C9H5IN2O4/c1-16-9(13)8-5(4-11)6(10)2-3-7(8)12(14)15/h2-3H,1H3. The summed E-state index contributed by atoms with van der Waals surface area (Å²) in [6, 6.07) is 4.34. The van der Waals surface area contributed by atoms with Gasteiger partial charge in [0, 0.05) is 9.64 Å². The van der Waals surface area contributed by atoms with E-state index in [1.54, 1.807) is 6.07 Å². The Morgan fingerprint density at radius 1 is 1.62 bits per heavy atom. The molecule has 0 aromatic heterocycles. The summed E-state index contributed by atoms with van der Waals surface area (Å²) in [5.74, 6) is -0.887. The van der Waals surface area contributed by atoms with Crippen LogP contribution in [0.25, 0.3) is 0 Å². The lowest BCUT2D eigenvalue weighted by atomic mass is 10.1. The number of rotatable bonds is 2. The fraction of sp³-hybridized carbons (Fsp3) is 0.111. The first-order valence-electron chi connectivity index (χ1n) is 3.98. The van der Waals surface area contributed by atoms with E-state index >= 15 is 0 Å². The highest BCUT2D eigenvalue weighted by atomic mass is 127. The largest absolute Gasteiger partial charge is 0.465 e. The van der Waals surface area contributed by atoms with Crippen molar-refractivity contribution in [2.75, 3.05) is 7.11 Å². The normalized spacial score (nSPS) is 9.31. The van der Waals surface area contributed by atoms with Gasteiger partial charge in [0.1, 0.15) is 6.07 Å². The lowest BCUT2D eigenvalue weighted by Gasteiger charge is -2.04. The molecule has 16 heavy (non-hydrogen) atoms. The van der Waals surface area contributed by atoms with E-state index in [2.05, 4.69) is 4.74 Å². The van der Waals surface area contributed by atoms with Crippen LogP contribution in [0.2, 0.25) is 0 Å². The Kier molecular flexibility index (Phi) is 3.78. The smallest absolute Gasteiger partial charge is 0.346 e. The van der Waals surface area contributed by atoms with Crippen molar-refractivity contribution < 1.29 is 14.5 Å². The van der Waals surface area contributed by atoms with Gasteiger partial charge in [-0.1, -0.05) is 0 Å². The van der Waals surface area contributed by atoms with E-state index in [9.17, 15) is 14.9 Å². The summed E-state index contributed by atoms with van der Waals surface area (Å²) in [4.78, 5) is 21.4. The van der Waals surface area contributed by atoms with Gasteiger partial charge in [-0.25, -0.2) is 4.79 Å². The number of hydrogen-bond acceptors (Lipinski definition) is 5. The lowest BCUT2D eigenvalue weighted by molar-refractivity contribution is -0.385.